The average molecular weight is 296 g/mol. The molecule has 2 rings (SSSR count). The van der Waals surface area contributed by atoms with Crippen molar-refractivity contribution in [3.05, 3.63) is 0 Å². The lowest BCUT2D eigenvalue weighted by Gasteiger charge is -2.44. The van der Waals surface area contributed by atoms with Gasteiger partial charge >= 0.3 is 5.97 Å². The lowest BCUT2D eigenvalue weighted by Crippen LogP contribution is -2.60. The van der Waals surface area contributed by atoms with Gasteiger partial charge in [0.25, 0.3) is 0 Å². The zero-order valence-corrected chi connectivity index (χ0v) is 13.7. The first kappa shape index (κ1) is 16.8. The quantitative estimate of drug-likeness (QED) is 0.837. The largest absolute Gasteiger partial charge is 0.480 e. The Labute approximate surface area is 129 Å². The number of hydrogen-bond donors (Lipinski definition) is 2. The van der Waals surface area contributed by atoms with E-state index < -0.39 is 11.5 Å². The fraction of sp³-hybridized carbons (Fsp3) is 0.941. The van der Waals surface area contributed by atoms with Crippen LogP contribution in [-0.2, 0) is 4.79 Å². The van der Waals surface area contributed by atoms with Crippen molar-refractivity contribution in [2.45, 2.75) is 89.3 Å². The van der Waals surface area contributed by atoms with E-state index in [-0.39, 0.29) is 6.04 Å². The van der Waals surface area contributed by atoms with Crippen LogP contribution in [0.25, 0.3) is 0 Å². The lowest BCUT2D eigenvalue weighted by molar-refractivity contribution is -0.148. The van der Waals surface area contributed by atoms with Crippen molar-refractivity contribution < 1.29 is 9.90 Å². The number of hydrogen-bond acceptors (Lipinski definition) is 3. The third kappa shape index (κ3) is 4.43. The van der Waals surface area contributed by atoms with Crippen molar-refractivity contribution in [2.24, 2.45) is 0 Å². The molecular formula is C17H32N2O2. The van der Waals surface area contributed by atoms with Gasteiger partial charge in [-0.25, -0.2) is 0 Å². The first-order valence-corrected chi connectivity index (χ1v) is 8.79. The summed E-state index contributed by atoms with van der Waals surface area (Å²) < 4.78 is 0. The molecule has 122 valence electrons. The van der Waals surface area contributed by atoms with Gasteiger partial charge in [0, 0.05) is 12.1 Å². The Bertz CT molecular complexity index is 338. The Morgan fingerprint density at radius 2 is 1.76 bits per heavy atom. The Morgan fingerprint density at radius 3 is 2.33 bits per heavy atom. The van der Waals surface area contributed by atoms with Crippen LogP contribution >= 0.6 is 0 Å². The summed E-state index contributed by atoms with van der Waals surface area (Å²) >= 11 is 0. The summed E-state index contributed by atoms with van der Waals surface area (Å²) in [4.78, 5) is 14.5. The number of carbonyl (C=O) groups is 1. The van der Waals surface area contributed by atoms with E-state index in [1.54, 1.807) is 0 Å². The molecule has 2 fully saturated rings. The van der Waals surface area contributed by atoms with Crippen LogP contribution in [0.4, 0.5) is 0 Å². The minimum absolute atomic E-state index is 0.215. The summed E-state index contributed by atoms with van der Waals surface area (Å²) in [6, 6.07) is 0.659. The van der Waals surface area contributed by atoms with Crippen molar-refractivity contribution >= 4 is 5.97 Å². The van der Waals surface area contributed by atoms with Crippen molar-refractivity contribution in [3.63, 3.8) is 0 Å². The summed E-state index contributed by atoms with van der Waals surface area (Å²) in [6.07, 6.45) is 10.3. The number of carboxylic acids is 1. The van der Waals surface area contributed by atoms with E-state index in [4.69, 9.17) is 0 Å². The van der Waals surface area contributed by atoms with Crippen molar-refractivity contribution in [1.82, 2.24) is 10.2 Å². The molecule has 1 aliphatic carbocycles. The topological polar surface area (TPSA) is 52.6 Å². The first-order chi connectivity index (χ1) is 10.0. The third-order valence-electron chi connectivity index (χ3n) is 5.11. The fourth-order valence-corrected chi connectivity index (χ4v) is 4.13. The summed E-state index contributed by atoms with van der Waals surface area (Å²) in [5.74, 6) is -0.659. The highest BCUT2D eigenvalue weighted by molar-refractivity contribution is 5.79. The molecule has 4 nitrogen and oxygen atoms in total. The Kier molecular flexibility index (Phi) is 6.06. The van der Waals surface area contributed by atoms with Gasteiger partial charge in [0.2, 0.25) is 0 Å². The van der Waals surface area contributed by atoms with E-state index in [0.717, 1.165) is 38.8 Å². The maximum Gasteiger partial charge on any atom is 0.323 e. The molecule has 1 saturated carbocycles. The highest BCUT2D eigenvalue weighted by Crippen LogP contribution is 2.33. The summed E-state index contributed by atoms with van der Waals surface area (Å²) in [5, 5.41) is 13.1. The van der Waals surface area contributed by atoms with Crippen LogP contribution in [0.1, 0.15) is 71.6 Å². The van der Waals surface area contributed by atoms with Gasteiger partial charge in [-0.2, -0.15) is 0 Å². The molecule has 0 aromatic rings. The molecule has 2 unspecified atom stereocenters. The molecule has 2 aliphatic rings. The molecule has 0 aromatic heterocycles. The normalized spacial score (nSPS) is 32.6. The average Bonchev–Trinajstić information content (AvgIpc) is 2.37. The highest BCUT2D eigenvalue weighted by atomic mass is 16.4. The number of rotatable bonds is 4. The van der Waals surface area contributed by atoms with Gasteiger partial charge in [-0.15, -0.1) is 0 Å². The van der Waals surface area contributed by atoms with Crippen LogP contribution in [0, 0.1) is 0 Å². The van der Waals surface area contributed by atoms with Gasteiger partial charge in [0.15, 0.2) is 0 Å². The molecule has 0 radical (unpaired) electrons. The highest BCUT2D eigenvalue weighted by Gasteiger charge is 2.44. The number of likely N-dealkylation sites (tertiary alicyclic amines) is 1. The molecule has 0 spiro atoms. The zero-order valence-electron chi connectivity index (χ0n) is 13.7. The molecule has 1 aliphatic heterocycles. The molecule has 1 heterocycles. The number of aliphatic carboxylic acids is 1. The Balaban J connectivity index is 2.04. The summed E-state index contributed by atoms with van der Waals surface area (Å²) in [6.45, 7) is 6.40. The van der Waals surface area contributed by atoms with Crippen LogP contribution in [0.5, 0.6) is 0 Å². The fourth-order valence-electron chi connectivity index (χ4n) is 4.13. The zero-order chi connectivity index (χ0) is 15.3. The first-order valence-electron chi connectivity index (χ1n) is 8.79. The smallest absolute Gasteiger partial charge is 0.323 e. The van der Waals surface area contributed by atoms with Gasteiger partial charge in [-0.05, 0) is 65.5 Å². The van der Waals surface area contributed by atoms with E-state index >= 15 is 0 Å². The molecule has 4 heteroatoms. The molecule has 0 aromatic carbocycles. The SMILES string of the molecule is CC(C)NC1(C(=O)O)CCCC(N2CCCCCCC2)C1. The molecule has 2 N–H and O–H groups in total. The van der Waals surface area contributed by atoms with Gasteiger partial charge in [0.1, 0.15) is 5.54 Å². The second kappa shape index (κ2) is 7.59. The maximum absolute atomic E-state index is 11.9. The Hall–Kier alpha value is -0.610. The summed E-state index contributed by atoms with van der Waals surface area (Å²) in [5.41, 5.74) is -0.709. The van der Waals surface area contributed by atoms with Crippen LogP contribution in [0.3, 0.4) is 0 Å². The third-order valence-corrected chi connectivity index (χ3v) is 5.11. The van der Waals surface area contributed by atoms with E-state index in [1.165, 1.54) is 32.1 Å². The minimum atomic E-state index is -0.709. The van der Waals surface area contributed by atoms with Crippen molar-refractivity contribution in [3.8, 4) is 0 Å². The predicted octanol–water partition coefficient (Wildman–Crippen LogP) is 3.02. The van der Waals surface area contributed by atoms with E-state index in [9.17, 15) is 9.90 Å². The van der Waals surface area contributed by atoms with Gasteiger partial charge in [0.05, 0.1) is 0 Å². The van der Waals surface area contributed by atoms with Crippen LogP contribution in [0.15, 0.2) is 0 Å². The second-order valence-corrected chi connectivity index (χ2v) is 7.24. The lowest BCUT2D eigenvalue weighted by atomic mass is 9.77. The van der Waals surface area contributed by atoms with Crippen molar-refractivity contribution in [1.29, 1.82) is 0 Å². The van der Waals surface area contributed by atoms with Gasteiger partial charge in [-0.3, -0.25) is 10.1 Å². The summed E-state index contributed by atoms with van der Waals surface area (Å²) in [7, 11) is 0. The molecule has 21 heavy (non-hydrogen) atoms. The minimum Gasteiger partial charge on any atom is -0.480 e. The second-order valence-electron chi connectivity index (χ2n) is 7.24. The van der Waals surface area contributed by atoms with Gasteiger partial charge < -0.3 is 10.0 Å². The predicted molar refractivity (Wildman–Crippen MR) is 85.6 cm³/mol. The number of carboxylic acid groups (broad SMARTS) is 1. The van der Waals surface area contributed by atoms with Crippen LogP contribution in [0.2, 0.25) is 0 Å². The van der Waals surface area contributed by atoms with Crippen LogP contribution in [-0.4, -0.2) is 46.7 Å². The maximum atomic E-state index is 11.9. The van der Waals surface area contributed by atoms with Gasteiger partial charge in [-0.1, -0.05) is 19.3 Å². The van der Waals surface area contributed by atoms with E-state index in [1.807, 2.05) is 13.8 Å². The monoisotopic (exact) mass is 296 g/mol. The van der Waals surface area contributed by atoms with Crippen LogP contribution < -0.4 is 5.32 Å². The van der Waals surface area contributed by atoms with Crippen molar-refractivity contribution in [2.75, 3.05) is 13.1 Å². The van der Waals surface area contributed by atoms with E-state index in [2.05, 4.69) is 10.2 Å². The molecule has 0 bridgehead atoms. The molecule has 0 amide bonds. The molecule has 1 saturated heterocycles. The Morgan fingerprint density at radius 1 is 1.14 bits per heavy atom. The van der Waals surface area contributed by atoms with E-state index in [0.29, 0.717) is 6.04 Å². The standard InChI is InChI=1S/C17H32N2O2/c1-14(2)18-17(16(20)21)10-8-9-15(13-17)19-11-6-4-3-5-7-12-19/h14-15,18H,3-13H2,1-2H3,(H,20,21). The number of nitrogens with one attached hydrogen (secondary N) is 1. The number of nitrogens with zero attached hydrogens (tertiary/aromatic N) is 1. The molecular weight excluding hydrogens is 264 g/mol. The molecule has 2 atom stereocenters.